The summed E-state index contributed by atoms with van der Waals surface area (Å²) in [5.41, 5.74) is 1.20. The highest BCUT2D eigenvalue weighted by atomic mass is 19.1. The maximum absolute atomic E-state index is 13.2. The van der Waals surface area contributed by atoms with Gasteiger partial charge in [-0.2, -0.15) is 0 Å². The molecular formula is C18H18FNO4. The van der Waals surface area contributed by atoms with Crippen LogP contribution >= 0.6 is 0 Å². The molecule has 1 unspecified atom stereocenters. The first-order chi connectivity index (χ1) is 11.4. The van der Waals surface area contributed by atoms with Crippen LogP contribution in [0.5, 0.6) is 5.75 Å². The van der Waals surface area contributed by atoms with Gasteiger partial charge >= 0.3 is 5.69 Å². The molecule has 0 spiro atoms. The lowest BCUT2D eigenvalue weighted by atomic mass is 9.97. The van der Waals surface area contributed by atoms with Gasteiger partial charge in [0.05, 0.1) is 4.92 Å². The third kappa shape index (κ3) is 4.16. The molecule has 0 aliphatic rings. The molecule has 0 aromatic heterocycles. The molecule has 0 amide bonds. The summed E-state index contributed by atoms with van der Waals surface area (Å²) in [7, 11) is 0. The average Bonchev–Trinajstić information content (AvgIpc) is 2.58. The van der Waals surface area contributed by atoms with Crippen LogP contribution in [0.25, 0.3) is 0 Å². The van der Waals surface area contributed by atoms with Crippen LogP contribution in [0, 0.1) is 15.9 Å². The van der Waals surface area contributed by atoms with Crippen molar-refractivity contribution in [3.63, 3.8) is 0 Å². The van der Waals surface area contributed by atoms with Crippen molar-refractivity contribution in [2.75, 3.05) is 6.61 Å². The van der Waals surface area contributed by atoms with Gasteiger partial charge in [0.15, 0.2) is 18.1 Å². The number of hydrogen-bond acceptors (Lipinski definition) is 4. The molecule has 2 aromatic carbocycles. The van der Waals surface area contributed by atoms with Crippen LogP contribution in [-0.4, -0.2) is 17.3 Å². The molecule has 2 rings (SSSR count). The summed E-state index contributed by atoms with van der Waals surface area (Å²) in [6.07, 6.45) is 1.000. The number of nitro groups is 1. The van der Waals surface area contributed by atoms with Crippen LogP contribution in [0.4, 0.5) is 10.1 Å². The van der Waals surface area contributed by atoms with E-state index >= 15 is 0 Å². The Morgan fingerprint density at radius 1 is 1.25 bits per heavy atom. The molecule has 0 N–H and O–H groups in total. The molecule has 24 heavy (non-hydrogen) atoms. The van der Waals surface area contributed by atoms with Crippen LogP contribution in [0.1, 0.15) is 42.1 Å². The van der Waals surface area contributed by atoms with Crippen LogP contribution in [0.2, 0.25) is 0 Å². The second kappa shape index (κ2) is 7.68. The zero-order valence-corrected chi connectivity index (χ0v) is 13.5. The SMILES string of the molecule is CCC(C)c1ccc(C(=O)COc2cc(F)ccc2[N+](=O)[O-])cc1. The smallest absolute Gasteiger partial charge is 0.311 e. The molecular weight excluding hydrogens is 313 g/mol. The fraction of sp³-hybridized carbons (Fsp3) is 0.278. The number of benzene rings is 2. The Balaban J connectivity index is 2.08. The summed E-state index contributed by atoms with van der Waals surface area (Å²) in [6, 6.07) is 10.0. The number of halogens is 1. The summed E-state index contributed by atoms with van der Waals surface area (Å²) in [5.74, 6) is -0.852. The minimum absolute atomic E-state index is 0.260. The van der Waals surface area contributed by atoms with Crippen molar-refractivity contribution in [1.29, 1.82) is 0 Å². The number of carbonyl (C=O) groups excluding carboxylic acids is 1. The largest absolute Gasteiger partial charge is 0.478 e. The fourth-order valence-corrected chi connectivity index (χ4v) is 2.21. The van der Waals surface area contributed by atoms with Crippen molar-refractivity contribution in [1.82, 2.24) is 0 Å². The van der Waals surface area contributed by atoms with Crippen molar-refractivity contribution in [3.05, 3.63) is 69.5 Å². The first-order valence-corrected chi connectivity index (χ1v) is 7.62. The molecule has 0 radical (unpaired) electrons. The molecule has 0 aliphatic carbocycles. The number of Topliss-reactive ketones (excluding diaryl/α,β-unsaturated/α-hetero) is 1. The molecule has 0 saturated heterocycles. The molecule has 0 heterocycles. The van der Waals surface area contributed by atoms with E-state index in [4.69, 9.17) is 4.74 Å². The third-order valence-corrected chi connectivity index (χ3v) is 3.89. The molecule has 0 saturated carbocycles. The van der Waals surface area contributed by atoms with E-state index in [1.54, 1.807) is 12.1 Å². The van der Waals surface area contributed by atoms with E-state index in [-0.39, 0.29) is 17.2 Å². The van der Waals surface area contributed by atoms with Gasteiger partial charge in [-0.1, -0.05) is 38.1 Å². The lowest BCUT2D eigenvalue weighted by Crippen LogP contribution is -2.12. The van der Waals surface area contributed by atoms with Crippen molar-refractivity contribution >= 4 is 11.5 Å². The van der Waals surface area contributed by atoms with Crippen LogP contribution in [0.3, 0.4) is 0 Å². The first kappa shape index (κ1) is 17.6. The minimum atomic E-state index is -0.680. The Bertz CT molecular complexity index is 743. The highest BCUT2D eigenvalue weighted by Crippen LogP contribution is 2.27. The number of rotatable bonds is 7. The number of carbonyl (C=O) groups is 1. The van der Waals surface area contributed by atoms with E-state index in [1.165, 1.54) is 0 Å². The van der Waals surface area contributed by atoms with Crippen LogP contribution in [0.15, 0.2) is 42.5 Å². The predicted octanol–water partition coefficient (Wildman–Crippen LogP) is 4.51. The monoisotopic (exact) mass is 331 g/mol. The van der Waals surface area contributed by atoms with Gasteiger partial charge in [-0.15, -0.1) is 0 Å². The van der Waals surface area contributed by atoms with Crippen LogP contribution in [-0.2, 0) is 0 Å². The summed E-state index contributed by atoms with van der Waals surface area (Å²) in [5, 5.41) is 10.9. The van der Waals surface area contributed by atoms with E-state index in [0.717, 1.165) is 30.2 Å². The summed E-state index contributed by atoms with van der Waals surface area (Å²) in [6.45, 7) is 3.79. The van der Waals surface area contributed by atoms with E-state index in [9.17, 15) is 19.3 Å². The van der Waals surface area contributed by atoms with Gasteiger partial charge in [-0.25, -0.2) is 4.39 Å². The lowest BCUT2D eigenvalue weighted by molar-refractivity contribution is -0.385. The third-order valence-electron chi connectivity index (χ3n) is 3.89. The van der Waals surface area contributed by atoms with E-state index in [2.05, 4.69) is 13.8 Å². The molecule has 126 valence electrons. The Hall–Kier alpha value is -2.76. The molecule has 2 aromatic rings. The van der Waals surface area contributed by atoms with E-state index in [0.29, 0.717) is 11.5 Å². The quantitative estimate of drug-likeness (QED) is 0.425. The summed E-state index contributed by atoms with van der Waals surface area (Å²) in [4.78, 5) is 22.4. The maximum Gasteiger partial charge on any atom is 0.311 e. The molecule has 0 fully saturated rings. The first-order valence-electron chi connectivity index (χ1n) is 7.62. The fourth-order valence-electron chi connectivity index (χ4n) is 2.21. The summed E-state index contributed by atoms with van der Waals surface area (Å²) < 4.78 is 18.4. The van der Waals surface area contributed by atoms with Crippen molar-refractivity contribution in [2.45, 2.75) is 26.2 Å². The predicted molar refractivity (Wildman–Crippen MR) is 88.0 cm³/mol. The molecule has 0 aliphatic heterocycles. The Morgan fingerprint density at radius 2 is 1.92 bits per heavy atom. The molecule has 1 atom stereocenters. The van der Waals surface area contributed by atoms with Gasteiger partial charge in [0.1, 0.15) is 5.82 Å². The molecule has 0 bridgehead atoms. The number of nitrogens with zero attached hydrogens (tertiary/aromatic N) is 1. The van der Waals surface area contributed by atoms with Gasteiger partial charge < -0.3 is 4.74 Å². The van der Waals surface area contributed by atoms with Gasteiger partial charge in [0, 0.05) is 17.7 Å². The van der Waals surface area contributed by atoms with Crippen molar-refractivity contribution in [2.24, 2.45) is 0 Å². The maximum atomic E-state index is 13.2. The number of hydrogen-bond donors (Lipinski definition) is 0. The Morgan fingerprint density at radius 3 is 2.50 bits per heavy atom. The Kier molecular flexibility index (Phi) is 5.63. The van der Waals surface area contributed by atoms with Crippen LogP contribution < -0.4 is 4.74 Å². The van der Waals surface area contributed by atoms with Gasteiger partial charge in [0.25, 0.3) is 0 Å². The zero-order valence-electron chi connectivity index (χ0n) is 13.5. The second-order valence-corrected chi connectivity index (χ2v) is 5.51. The van der Waals surface area contributed by atoms with Crippen molar-refractivity contribution < 1.29 is 18.8 Å². The standard InChI is InChI=1S/C18H18FNO4/c1-3-12(2)13-4-6-14(7-5-13)17(21)11-24-18-10-15(19)8-9-16(18)20(22)23/h4-10,12H,3,11H2,1-2H3. The van der Waals surface area contributed by atoms with Gasteiger partial charge in [-0.3, -0.25) is 14.9 Å². The second-order valence-electron chi connectivity index (χ2n) is 5.51. The number of ether oxygens (including phenoxy) is 1. The topological polar surface area (TPSA) is 69.4 Å². The Labute approximate surface area is 139 Å². The van der Waals surface area contributed by atoms with Gasteiger partial charge in [-0.05, 0) is 24.0 Å². The number of ketones is 1. The molecule has 5 nitrogen and oxygen atoms in total. The minimum Gasteiger partial charge on any atom is -0.478 e. The highest BCUT2D eigenvalue weighted by Gasteiger charge is 2.17. The summed E-state index contributed by atoms with van der Waals surface area (Å²) >= 11 is 0. The van der Waals surface area contributed by atoms with Crippen molar-refractivity contribution in [3.8, 4) is 5.75 Å². The van der Waals surface area contributed by atoms with E-state index < -0.39 is 17.3 Å². The highest BCUT2D eigenvalue weighted by molar-refractivity contribution is 5.97. The lowest BCUT2D eigenvalue weighted by Gasteiger charge is -2.10. The zero-order chi connectivity index (χ0) is 17.7. The normalized spacial score (nSPS) is 11.8. The van der Waals surface area contributed by atoms with Gasteiger partial charge in [0.2, 0.25) is 0 Å². The average molecular weight is 331 g/mol. The van der Waals surface area contributed by atoms with E-state index in [1.807, 2.05) is 12.1 Å². The number of nitro benzene ring substituents is 1. The molecule has 6 heteroatoms.